The summed E-state index contributed by atoms with van der Waals surface area (Å²) in [5, 5.41) is 0.878. The molecular formula is C16H10Cl2N2O3. The minimum Gasteiger partial charge on any atom is -0.301 e. The van der Waals surface area contributed by atoms with Gasteiger partial charge in [0.15, 0.2) is 0 Å². The number of rotatable bonds is 3. The SMILES string of the molecule is O=CCn1c(=O)n(-c2ccc(Cl)c(Cl)c2)c(=O)c2ccccc21. The van der Waals surface area contributed by atoms with Crippen LogP contribution in [0.4, 0.5) is 0 Å². The van der Waals surface area contributed by atoms with E-state index in [1.807, 2.05) is 0 Å². The second kappa shape index (κ2) is 6.02. The third-order valence-electron chi connectivity index (χ3n) is 3.47. The largest absolute Gasteiger partial charge is 0.336 e. The molecule has 7 heteroatoms. The van der Waals surface area contributed by atoms with Crippen LogP contribution in [0.1, 0.15) is 0 Å². The van der Waals surface area contributed by atoms with Crippen LogP contribution in [0.2, 0.25) is 10.0 Å². The van der Waals surface area contributed by atoms with Crippen LogP contribution in [0.25, 0.3) is 16.6 Å². The van der Waals surface area contributed by atoms with Crippen molar-refractivity contribution in [3.8, 4) is 5.69 Å². The van der Waals surface area contributed by atoms with Crippen molar-refractivity contribution < 1.29 is 4.79 Å². The van der Waals surface area contributed by atoms with E-state index in [4.69, 9.17) is 23.2 Å². The van der Waals surface area contributed by atoms with Gasteiger partial charge >= 0.3 is 5.69 Å². The van der Waals surface area contributed by atoms with Crippen molar-refractivity contribution in [1.29, 1.82) is 0 Å². The van der Waals surface area contributed by atoms with E-state index in [9.17, 15) is 14.4 Å². The Morgan fingerprint density at radius 1 is 1.00 bits per heavy atom. The average molecular weight is 349 g/mol. The molecule has 0 atom stereocenters. The Kier molecular flexibility index (Phi) is 4.07. The highest BCUT2D eigenvalue weighted by atomic mass is 35.5. The molecule has 0 unspecified atom stereocenters. The third kappa shape index (κ3) is 2.58. The summed E-state index contributed by atoms with van der Waals surface area (Å²) in [6.45, 7) is -0.152. The fraction of sp³-hybridized carbons (Fsp3) is 0.0625. The van der Waals surface area contributed by atoms with Crippen LogP contribution < -0.4 is 11.2 Å². The van der Waals surface area contributed by atoms with E-state index in [0.29, 0.717) is 27.9 Å². The second-order valence-corrected chi connectivity index (χ2v) is 5.63. The molecule has 5 nitrogen and oxygen atoms in total. The molecule has 0 saturated carbocycles. The van der Waals surface area contributed by atoms with Crippen LogP contribution >= 0.6 is 23.2 Å². The number of aromatic nitrogens is 2. The highest BCUT2D eigenvalue weighted by Crippen LogP contribution is 2.23. The molecule has 0 fully saturated rings. The maximum absolute atomic E-state index is 12.7. The topological polar surface area (TPSA) is 61.1 Å². The van der Waals surface area contributed by atoms with Crippen LogP contribution in [0.3, 0.4) is 0 Å². The lowest BCUT2D eigenvalue weighted by atomic mass is 10.2. The van der Waals surface area contributed by atoms with Crippen LogP contribution in [0, 0.1) is 0 Å². The Balaban J connectivity index is 2.45. The van der Waals surface area contributed by atoms with Gasteiger partial charge in [-0.3, -0.25) is 9.36 Å². The van der Waals surface area contributed by atoms with Gasteiger partial charge in [-0.25, -0.2) is 9.36 Å². The third-order valence-corrected chi connectivity index (χ3v) is 4.21. The molecule has 2 aromatic carbocycles. The predicted octanol–water partition coefficient (Wildman–Crippen LogP) is 2.66. The van der Waals surface area contributed by atoms with Gasteiger partial charge in [-0.15, -0.1) is 0 Å². The molecule has 0 spiro atoms. The zero-order valence-corrected chi connectivity index (χ0v) is 13.2. The number of fused-ring (bicyclic) bond motifs is 1. The maximum Gasteiger partial charge on any atom is 0.336 e. The van der Waals surface area contributed by atoms with Gasteiger partial charge in [0, 0.05) is 0 Å². The smallest absolute Gasteiger partial charge is 0.301 e. The quantitative estimate of drug-likeness (QED) is 0.683. The standard InChI is InChI=1S/C16H10Cl2N2O3/c17-12-6-5-10(9-13(12)18)20-15(22)11-3-1-2-4-14(11)19(7-8-21)16(20)23/h1-6,8-9H,7H2. The Morgan fingerprint density at radius 3 is 2.43 bits per heavy atom. The molecule has 116 valence electrons. The molecule has 0 saturated heterocycles. The fourth-order valence-electron chi connectivity index (χ4n) is 2.42. The number of hydrogen-bond donors (Lipinski definition) is 0. The first-order valence-corrected chi connectivity index (χ1v) is 7.44. The molecule has 0 aliphatic heterocycles. The molecule has 0 bridgehead atoms. The summed E-state index contributed by atoms with van der Waals surface area (Å²) in [7, 11) is 0. The summed E-state index contributed by atoms with van der Waals surface area (Å²) in [5.41, 5.74) is -0.393. The summed E-state index contributed by atoms with van der Waals surface area (Å²) in [5.74, 6) is 0. The number of nitrogens with zero attached hydrogens (tertiary/aromatic N) is 2. The molecule has 23 heavy (non-hydrogen) atoms. The molecular weight excluding hydrogens is 339 g/mol. The first kappa shape index (κ1) is 15.5. The van der Waals surface area contributed by atoms with Crippen LogP contribution in [0.5, 0.6) is 0 Å². The van der Waals surface area contributed by atoms with Crippen LogP contribution in [0.15, 0.2) is 52.1 Å². The molecule has 1 aromatic heterocycles. The number of halogens is 2. The van der Waals surface area contributed by atoms with Crippen LogP contribution in [-0.2, 0) is 11.3 Å². The Labute approximate surface area is 140 Å². The molecule has 0 N–H and O–H groups in total. The lowest BCUT2D eigenvalue weighted by Gasteiger charge is -2.12. The van der Waals surface area contributed by atoms with Crippen molar-refractivity contribution in [1.82, 2.24) is 9.13 Å². The molecule has 0 radical (unpaired) electrons. The number of aldehydes is 1. The van der Waals surface area contributed by atoms with Crippen molar-refractivity contribution in [3.05, 3.63) is 73.3 Å². The molecule has 3 aromatic rings. The first-order chi connectivity index (χ1) is 11.0. The van der Waals surface area contributed by atoms with E-state index >= 15 is 0 Å². The lowest BCUT2D eigenvalue weighted by molar-refractivity contribution is -0.108. The number of para-hydroxylation sites is 1. The normalized spacial score (nSPS) is 10.9. The van der Waals surface area contributed by atoms with Crippen molar-refractivity contribution in [2.75, 3.05) is 0 Å². The van der Waals surface area contributed by atoms with E-state index in [2.05, 4.69) is 0 Å². The van der Waals surface area contributed by atoms with E-state index in [-0.39, 0.29) is 11.6 Å². The highest BCUT2D eigenvalue weighted by molar-refractivity contribution is 6.42. The van der Waals surface area contributed by atoms with Crippen molar-refractivity contribution >= 4 is 40.4 Å². The minimum absolute atomic E-state index is 0.152. The van der Waals surface area contributed by atoms with Gasteiger partial charge in [0.1, 0.15) is 6.29 Å². The summed E-state index contributed by atoms with van der Waals surface area (Å²) in [6, 6.07) is 11.1. The number of hydrogen-bond acceptors (Lipinski definition) is 3. The summed E-state index contributed by atoms with van der Waals surface area (Å²) in [6.07, 6.45) is 0.609. The van der Waals surface area contributed by atoms with Gasteiger partial charge in [0.2, 0.25) is 0 Å². The van der Waals surface area contributed by atoms with Crippen molar-refractivity contribution in [3.63, 3.8) is 0 Å². The highest BCUT2D eigenvalue weighted by Gasteiger charge is 2.14. The summed E-state index contributed by atoms with van der Waals surface area (Å²) < 4.78 is 2.22. The number of carbonyl (C=O) groups excluding carboxylic acids is 1. The molecule has 0 aliphatic carbocycles. The fourth-order valence-corrected chi connectivity index (χ4v) is 2.72. The van der Waals surface area contributed by atoms with E-state index < -0.39 is 11.2 Å². The van der Waals surface area contributed by atoms with Gasteiger partial charge in [0.25, 0.3) is 5.56 Å². The van der Waals surface area contributed by atoms with Gasteiger partial charge in [-0.05, 0) is 30.3 Å². The number of carbonyl (C=O) groups is 1. The average Bonchev–Trinajstić information content (AvgIpc) is 2.55. The van der Waals surface area contributed by atoms with Crippen LogP contribution in [-0.4, -0.2) is 15.4 Å². The van der Waals surface area contributed by atoms with Gasteiger partial charge < -0.3 is 4.79 Å². The zero-order chi connectivity index (χ0) is 16.6. The Hall–Kier alpha value is -2.37. The molecule has 3 rings (SSSR count). The molecule has 0 amide bonds. The van der Waals surface area contributed by atoms with E-state index in [1.165, 1.54) is 22.8 Å². The monoisotopic (exact) mass is 348 g/mol. The minimum atomic E-state index is -0.612. The summed E-state index contributed by atoms with van der Waals surface area (Å²) in [4.78, 5) is 36.3. The predicted molar refractivity (Wildman–Crippen MR) is 89.9 cm³/mol. The first-order valence-electron chi connectivity index (χ1n) is 6.68. The van der Waals surface area contributed by atoms with Crippen molar-refractivity contribution in [2.24, 2.45) is 0 Å². The zero-order valence-electron chi connectivity index (χ0n) is 11.7. The van der Waals surface area contributed by atoms with Gasteiger partial charge in [-0.1, -0.05) is 35.3 Å². The molecule has 0 aliphatic rings. The second-order valence-electron chi connectivity index (χ2n) is 4.82. The van der Waals surface area contributed by atoms with E-state index in [1.54, 1.807) is 24.3 Å². The van der Waals surface area contributed by atoms with Gasteiger partial charge in [-0.2, -0.15) is 0 Å². The number of benzene rings is 2. The summed E-state index contributed by atoms with van der Waals surface area (Å²) >= 11 is 11.9. The Morgan fingerprint density at radius 2 is 1.74 bits per heavy atom. The lowest BCUT2D eigenvalue weighted by Crippen LogP contribution is -2.39. The van der Waals surface area contributed by atoms with E-state index in [0.717, 1.165) is 4.57 Å². The molecule has 1 heterocycles. The van der Waals surface area contributed by atoms with Gasteiger partial charge in [0.05, 0.1) is 33.2 Å². The Bertz CT molecular complexity index is 1040. The van der Waals surface area contributed by atoms with Crippen molar-refractivity contribution in [2.45, 2.75) is 6.54 Å². The maximum atomic E-state index is 12.7.